The average Bonchev–Trinajstić information content (AvgIpc) is 2.35. The minimum atomic E-state index is 0.811. The lowest BCUT2D eigenvalue weighted by molar-refractivity contribution is 0.412. The second-order valence-electron chi connectivity index (χ2n) is 2.25. The van der Waals surface area contributed by atoms with Crippen LogP contribution >= 0.6 is 0 Å². The highest BCUT2D eigenvalue weighted by Gasteiger charge is 1.99. The van der Waals surface area contributed by atoms with Gasteiger partial charge in [0.2, 0.25) is 0 Å². The van der Waals surface area contributed by atoms with E-state index in [9.17, 15) is 0 Å². The Morgan fingerprint density at radius 2 is 1.82 bits per heavy atom. The monoisotopic (exact) mass is 145 g/mol. The van der Waals surface area contributed by atoms with Crippen molar-refractivity contribution in [3.63, 3.8) is 0 Å². The Bertz CT molecular complexity index is 301. The van der Waals surface area contributed by atoms with Crippen LogP contribution in [0.4, 0.5) is 0 Å². The first-order chi connectivity index (χ1) is 5.47. The van der Waals surface area contributed by atoms with Gasteiger partial charge in [0, 0.05) is 5.56 Å². The van der Waals surface area contributed by atoms with Gasteiger partial charge in [0.15, 0.2) is 5.76 Å². The number of rotatable bonds is 0. The molecule has 0 amide bonds. The second-order valence-corrected chi connectivity index (χ2v) is 2.25. The van der Waals surface area contributed by atoms with Crippen molar-refractivity contribution in [3.05, 3.63) is 41.8 Å². The molecule has 1 heterocycles. The van der Waals surface area contributed by atoms with Crippen molar-refractivity contribution < 1.29 is 4.52 Å². The first kappa shape index (κ1) is 6.16. The van der Waals surface area contributed by atoms with Crippen molar-refractivity contribution in [1.82, 2.24) is 5.16 Å². The Morgan fingerprint density at radius 1 is 1.00 bits per heavy atom. The first-order valence-electron chi connectivity index (χ1n) is 3.43. The van der Waals surface area contributed by atoms with Crippen LogP contribution in [0.15, 0.2) is 35.0 Å². The molecule has 2 nitrogen and oxygen atoms in total. The molecule has 0 bridgehead atoms. The second kappa shape index (κ2) is 2.58. The summed E-state index contributed by atoms with van der Waals surface area (Å²) >= 11 is 0. The molecule has 2 heteroatoms. The fraction of sp³-hybridized carbons (Fsp3) is 0. The molecular formula is C9H7NO. The number of fused-ring (bicyclic) bond motifs is 1. The molecule has 0 unspecified atom stereocenters. The van der Waals surface area contributed by atoms with Crippen molar-refractivity contribution in [3.8, 4) is 0 Å². The zero-order valence-electron chi connectivity index (χ0n) is 5.90. The van der Waals surface area contributed by atoms with E-state index in [2.05, 4.69) is 5.16 Å². The van der Waals surface area contributed by atoms with Crippen molar-refractivity contribution >= 4 is 12.2 Å². The van der Waals surface area contributed by atoms with Crippen molar-refractivity contribution in [1.29, 1.82) is 0 Å². The zero-order chi connectivity index (χ0) is 7.52. The molecule has 1 aromatic rings. The van der Waals surface area contributed by atoms with Gasteiger partial charge in [0.25, 0.3) is 0 Å². The Kier molecular flexibility index (Phi) is 1.44. The van der Waals surface area contributed by atoms with E-state index < -0.39 is 0 Å². The van der Waals surface area contributed by atoms with Crippen LogP contribution in [-0.2, 0) is 0 Å². The minimum Gasteiger partial charge on any atom is -0.356 e. The molecule has 11 heavy (non-hydrogen) atoms. The highest BCUT2D eigenvalue weighted by Crippen LogP contribution is 2.13. The van der Waals surface area contributed by atoms with Crippen LogP contribution in [0.25, 0.3) is 12.2 Å². The van der Waals surface area contributed by atoms with E-state index in [4.69, 9.17) is 4.52 Å². The van der Waals surface area contributed by atoms with E-state index in [1.807, 2.05) is 36.5 Å². The summed E-state index contributed by atoms with van der Waals surface area (Å²) in [5, 5.41) is 3.68. The normalized spacial score (nSPS) is 14.2. The first-order valence-corrected chi connectivity index (χ1v) is 3.43. The number of hydrogen-bond acceptors (Lipinski definition) is 2. The van der Waals surface area contributed by atoms with Gasteiger partial charge in [-0.25, -0.2) is 0 Å². The summed E-state index contributed by atoms with van der Waals surface area (Å²) in [5.74, 6) is 0.811. The summed E-state index contributed by atoms with van der Waals surface area (Å²) in [7, 11) is 0. The lowest BCUT2D eigenvalue weighted by Gasteiger charge is -1.88. The third-order valence-corrected chi connectivity index (χ3v) is 1.48. The Labute approximate surface area is 64.5 Å². The molecule has 1 aliphatic carbocycles. The van der Waals surface area contributed by atoms with Gasteiger partial charge in [-0.15, -0.1) is 0 Å². The van der Waals surface area contributed by atoms with Gasteiger partial charge < -0.3 is 4.52 Å². The molecule has 0 radical (unpaired) electrons. The van der Waals surface area contributed by atoms with Crippen molar-refractivity contribution in [2.45, 2.75) is 0 Å². The fourth-order valence-corrected chi connectivity index (χ4v) is 0.939. The molecule has 0 spiro atoms. The molecule has 0 fully saturated rings. The maximum absolute atomic E-state index is 4.97. The molecule has 0 aromatic carbocycles. The fourth-order valence-electron chi connectivity index (χ4n) is 0.939. The van der Waals surface area contributed by atoms with Crippen LogP contribution < -0.4 is 0 Å². The topological polar surface area (TPSA) is 26.0 Å². The molecule has 0 N–H and O–H groups in total. The predicted octanol–water partition coefficient (Wildman–Crippen LogP) is 2.27. The van der Waals surface area contributed by atoms with E-state index in [0.29, 0.717) is 0 Å². The average molecular weight is 145 g/mol. The zero-order valence-corrected chi connectivity index (χ0v) is 5.90. The van der Waals surface area contributed by atoms with Crippen LogP contribution in [0.5, 0.6) is 0 Å². The van der Waals surface area contributed by atoms with Gasteiger partial charge in [-0.3, -0.25) is 0 Å². The van der Waals surface area contributed by atoms with Crippen LogP contribution in [0, 0.1) is 0 Å². The third-order valence-electron chi connectivity index (χ3n) is 1.48. The van der Waals surface area contributed by atoms with E-state index in [0.717, 1.165) is 11.3 Å². The summed E-state index contributed by atoms with van der Waals surface area (Å²) in [4.78, 5) is 0. The van der Waals surface area contributed by atoms with Crippen LogP contribution in [-0.4, -0.2) is 5.16 Å². The van der Waals surface area contributed by atoms with Gasteiger partial charge in [-0.1, -0.05) is 29.5 Å². The molecule has 0 atom stereocenters. The molecule has 2 rings (SSSR count). The quantitative estimate of drug-likeness (QED) is 0.559. The lowest BCUT2D eigenvalue weighted by atomic mass is 10.2. The van der Waals surface area contributed by atoms with Crippen molar-refractivity contribution in [2.24, 2.45) is 0 Å². The van der Waals surface area contributed by atoms with Gasteiger partial charge in [0.05, 0.1) is 6.20 Å². The van der Waals surface area contributed by atoms with Crippen molar-refractivity contribution in [2.75, 3.05) is 0 Å². The number of hydrogen-bond donors (Lipinski definition) is 0. The Hall–Kier alpha value is -1.57. The molecular weight excluding hydrogens is 138 g/mol. The molecule has 54 valence electrons. The smallest absolute Gasteiger partial charge is 0.166 e. The maximum atomic E-state index is 4.97. The number of allylic oxidation sites excluding steroid dienone is 4. The van der Waals surface area contributed by atoms with Crippen LogP contribution in [0.3, 0.4) is 0 Å². The summed E-state index contributed by atoms with van der Waals surface area (Å²) in [5.41, 5.74) is 1.02. The number of nitrogens with zero attached hydrogens (tertiary/aromatic N) is 1. The minimum absolute atomic E-state index is 0.811. The summed E-state index contributed by atoms with van der Waals surface area (Å²) in [6.07, 6.45) is 13.4. The molecule has 0 aliphatic heterocycles. The lowest BCUT2D eigenvalue weighted by Crippen LogP contribution is -1.71. The molecule has 0 saturated heterocycles. The van der Waals surface area contributed by atoms with Gasteiger partial charge in [0.1, 0.15) is 0 Å². The SMILES string of the molecule is C1=CC=Cc2oncc2C=C1. The van der Waals surface area contributed by atoms with E-state index in [1.165, 1.54) is 0 Å². The summed E-state index contributed by atoms with van der Waals surface area (Å²) < 4.78 is 4.97. The molecule has 0 saturated carbocycles. The summed E-state index contributed by atoms with van der Waals surface area (Å²) in [6, 6.07) is 0. The van der Waals surface area contributed by atoms with Gasteiger partial charge >= 0.3 is 0 Å². The number of aromatic nitrogens is 1. The Morgan fingerprint density at radius 3 is 2.73 bits per heavy atom. The van der Waals surface area contributed by atoms with Crippen LogP contribution in [0.1, 0.15) is 11.3 Å². The summed E-state index contributed by atoms with van der Waals surface area (Å²) in [6.45, 7) is 0. The third kappa shape index (κ3) is 1.15. The van der Waals surface area contributed by atoms with E-state index in [1.54, 1.807) is 6.20 Å². The standard InChI is InChI=1S/C9H7NO/c1-2-4-6-9-8(5-3-1)7-10-11-9/h1-7H. The van der Waals surface area contributed by atoms with Crippen LogP contribution in [0.2, 0.25) is 0 Å². The molecule has 1 aliphatic rings. The van der Waals surface area contributed by atoms with Gasteiger partial charge in [-0.2, -0.15) is 0 Å². The van der Waals surface area contributed by atoms with E-state index in [-0.39, 0.29) is 0 Å². The largest absolute Gasteiger partial charge is 0.356 e. The van der Waals surface area contributed by atoms with Gasteiger partial charge in [-0.05, 0) is 12.2 Å². The highest BCUT2D eigenvalue weighted by molar-refractivity contribution is 5.63. The Balaban J connectivity index is 2.52. The van der Waals surface area contributed by atoms with E-state index >= 15 is 0 Å². The predicted molar refractivity (Wildman–Crippen MR) is 43.7 cm³/mol. The maximum Gasteiger partial charge on any atom is 0.166 e. The highest BCUT2D eigenvalue weighted by atomic mass is 16.5. The molecule has 1 aromatic heterocycles.